The Morgan fingerprint density at radius 2 is 2.45 bits per heavy atom. The van der Waals surface area contributed by atoms with Crippen molar-refractivity contribution in [2.24, 2.45) is 0 Å². The standard InChI is InChI=1S/C10H13N/c1-3-6-10-9(4-2)7-5-8-11-10/h4-5,7-8H,2-3,6H2,1H3. The van der Waals surface area contributed by atoms with Crippen LogP contribution in [0.4, 0.5) is 0 Å². The fourth-order valence-corrected chi connectivity index (χ4v) is 1.08. The molecule has 0 fully saturated rings. The summed E-state index contributed by atoms with van der Waals surface area (Å²) in [6, 6.07) is 3.99. The van der Waals surface area contributed by atoms with E-state index in [1.807, 2.05) is 24.4 Å². The minimum absolute atomic E-state index is 1.04. The Kier molecular flexibility index (Phi) is 2.84. The molecule has 0 radical (unpaired) electrons. The van der Waals surface area contributed by atoms with Gasteiger partial charge in [-0.1, -0.05) is 32.1 Å². The summed E-state index contributed by atoms with van der Waals surface area (Å²) in [6.45, 7) is 5.89. The van der Waals surface area contributed by atoms with Gasteiger partial charge in [0.1, 0.15) is 0 Å². The van der Waals surface area contributed by atoms with Crippen LogP contribution in [0, 0.1) is 0 Å². The van der Waals surface area contributed by atoms with Crippen molar-refractivity contribution in [2.45, 2.75) is 19.8 Å². The Morgan fingerprint density at radius 1 is 1.64 bits per heavy atom. The van der Waals surface area contributed by atoms with Crippen LogP contribution in [0.15, 0.2) is 24.9 Å². The van der Waals surface area contributed by atoms with Crippen molar-refractivity contribution >= 4 is 6.08 Å². The van der Waals surface area contributed by atoms with E-state index in [2.05, 4.69) is 18.5 Å². The molecule has 0 bridgehead atoms. The van der Waals surface area contributed by atoms with E-state index in [1.165, 1.54) is 0 Å². The Balaban J connectivity index is 2.92. The summed E-state index contributed by atoms with van der Waals surface area (Å²) >= 11 is 0. The van der Waals surface area contributed by atoms with E-state index in [0.717, 1.165) is 24.1 Å². The van der Waals surface area contributed by atoms with E-state index in [4.69, 9.17) is 0 Å². The molecular weight excluding hydrogens is 134 g/mol. The predicted molar refractivity (Wildman–Crippen MR) is 48.3 cm³/mol. The third-order valence-electron chi connectivity index (χ3n) is 1.63. The van der Waals surface area contributed by atoms with Gasteiger partial charge in [0, 0.05) is 11.9 Å². The molecule has 0 unspecified atom stereocenters. The highest BCUT2D eigenvalue weighted by Gasteiger charge is 1.96. The first kappa shape index (κ1) is 7.99. The molecule has 1 aromatic rings. The summed E-state index contributed by atoms with van der Waals surface area (Å²) in [5.74, 6) is 0. The van der Waals surface area contributed by atoms with Crippen LogP contribution in [-0.4, -0.2) is 4.98 Å². The van der Waals surface area contributed by atoms with Crippen LogP contribution >= 0.6 is 0 Å². The number of rotatable bonds is 3. The van der Waals surface area contributed by atoms with Crippen molar-refractivity contribution in [3.63, 3.8) is 0 Å². The second kappa shape index (κ2) is 3.91. The molecule has 0 saturated carbocycles. The summed E-state index contributed by atoms with van der Waals surface area (Å²) in [6.07, 6.45) is 5.87. The molecule has 0 aliphatic rings. The minimum atomic E-state index is 1.04. The van der Waals surface area contributed by atoms with E-state index in [1.54, 1.807) is 0 Å². The van der Waals surface area contributed by atoms with E-state index in [9.17, 15) is 0 Å². The highest BCUT2D eigenvalue weighted by molar-refractivity contribution is 5.49. The first-order valence-electron chi connectivity index (χ1n) is 3.94. The molecule has 0 spiro atoms. The largest absolute Gasteiger partial charge is 0.261 e. The summed E-state index contributed by atoms with van der Waals surface area (Å²) < 4.78 is 0. The van der Waals surface area contributed by atoms with Crippen LogP contribution in [0.25, 0.3) is 6.08 Å². The molecule has 0 aliphatic heterocycles. The Morgan fingerprint density at radius 3 is 3.09 bits per heavy atom. The third-order valence-corrected chi connectivity index (χ3v) is 1.63. The zero-order chi connectivity index (χ0) is 8.10. The average molecular weight is 147 g/mol. The van der Waals surface area contributed by atoms with Gasteiger partial charge in [-0.25, -0.2) is 0 Å². The number of pyridine rings is 1. The van der Waals surface area contributed by atoms with Gasteiger partial charge in [0.25, 0.3) is 0 Å². The molecule has 1 heteroatoms. The molecule has 1 aromatic heterocycles. The SMILES string of the molecule is C=Cc1cccnc1CCC. The molecule has 0 atom stereocenters. The average Bonchev–Trinajstić information content (AvgIpc) is 2.06. The van der Waals surface area contributed by atoms with Gasteiger partial charge in [0.05, 0.1) is 0 Å². The first-order chi connectivity index (χ1) is 5.38. The Labute approximate surface area is 67.8 Å². The molecule has 0 aromatic carbocycles. The second-order valence-electron chi connectivity index (χ2n) is 2.49. The monoisotopic (exact) mass is 147 g/mol. The molecule has 1 nitrogen and oxygen atoms in total. The molecular formula is C10H13N. The van der Waals surface area contributed by atoms with Crippen molar-refractivity contribution in [1.29, 1.82) is 0 Å². The van der Waals surface area contributed by atoms with E-state index < -0.39 is 0 Å². The quantitative estimate of drug-likeness (QED) is 0.640. The fourth-order valence-electron chi connectivity index (χ4n) is 1.08. The number of hydrogen-bond donors (Lipinski definition) is 0. The van der Waals surface area contributed by atoms with E-state index in [-0.39, 0.29) is 0 Å². The van der Waals surface area contributed by atoms with Crippen LogP contribution in [-0.2, 0) is 6.42 Å². The lowest BCUT2D eigenvalue weighted by Crippen LogP contribution is -1.91. The number of aryl methyl sites for hydroxylation is 1. The third kappa shape index (κ3) is 1.90. The van der Waals surface area contributed by atoms with Gasteiger partial charge >= 0.3 is 0 Å². The molecule has 0 amide bonds. The molecule has 1 heterocycles. The van der Waals surface area contributed by atoms with Gasteiger partial charge < -0.3 is 0 Å². The summed E-state index contributed by atoms with van der Waals surface area (Å²) in [4.78, 5) is 4.27. The Hall–Kier alpha value is -1.11. The van der Waals surface area contributed by atoms with Crippen molar-refractivity contribution in [3.8, 4) is 0 Å². The predicted octanol–water partition coefficient (Wildman–Crippen LogP) is 2.68. The maximum Gasteiger partial charge on any atom is 0.0475 e. The molecule has 0 aliphatic carbocycles. The van der Waals surface area contributed by atoms with Gasteiger partial charge in [-0.2, -0.15) is 0 Å². The maximum atomic E-state index is 4.27. The van der Waals surface area contributed by atoms with Gasteiger partial charge in [0.2, 0.25) is 0 Å². The molecule has 58 valence electrons. The number of hydrogen-bond acceptors (Lipinski definition) is 1. The van der Waals surface area contributed by atoms with E-state index in [0.29, 0.717) is 0 Å². The van der Waals surface area contributed by atoms with Crippen LogP contribution in [0.2, 0.25) is 0 Å². The maximum absolute atomic E-state index is 4.27. The van der Waals surface area contributed by atoms with Gasteiger partial charge in [-0.05, 0) is 18.1 Å². The molecule has 1 rings (SSSR count). The van der Waals surface area contributed by atoms with Crippen molar-refractivity contribution < 1.29 is 0 Å². The lowest BCUT2D eigenvalue weighted by molar-refractivity contribution is 0.880. The Bertz CT molecular complexity index is 240. The molecule has 11 heavy (non-hydrogen) atoms. The lowest BCUT2D eigenvalue weighted by Gasteiger charge is -2.00. The topological polar surface area (TPSA) is 12.9 Å². The summed E-state index contributed by atoms with van der Waals surface area (Å²) in [5, 5.41) is 0. The lowest BCUT2D eigenvalue weighted by atomic mass is 10.1. The fraction of sp³-hybridized carbons (Fsp3) is 0.300. The van der Waals surface area contributed by atoms with Crippen molar-refractivity contribution in [3.05, 3.63) is 36.2 Å². The normalized spacial score (nSPS) is 9.55. The number of nitrogens with zero attached hydrogens (tertiary/aromatic N) is 1. The summed E-state index contributed by atoms with van der Waals surface area (Å²) in [7, 11) is 0. The van der Waals surface area contributed by atoms with E-state index >= 15 is 0 Å². The van der Waals surface area contributed by atoms with Gasteiger partial charge in [0.15, 0.2) is 0 Å². The van der Waals surface area contributed by atoms with Gasteiger partial charge in [-0.15, -0.1) is 0 Å². The van der Waals surface area contributed by atoms with Gasteiger partial charge in [-0.3, -0.25) is 4.98 Å². The van der Waals surface area contributed by atoms with Crippen LogP contribution in [0.5, 0.6) is 0 Å². The highest BCUT2D eigenvalue weighted by atomic mass is 14.7. The molecule has 0 saturated heterocycles. The number of aromatic nitrogens is 1. The first-order valence-corrected chi connectivity index (χ1v) is 3.94. The smallest absolute Gasteiger partial charge is 0.0475 e. The van der Waals surface area contributed by atoms with Crippen molar-refractivity contribution in [1.82, 2.24) is 4.98 Å². The summed E-state index contributed by atoms with van der Waals surface area (Å²) in [5.41, 5.74) is 2.32. The van der Waals surface area contributed by atoms with Crippen molar-refractivity contribution in [2.75, 3.05) is 0 Å². The highest BCUT2D eigenvalue weighted by Crippen LogP contribution is 2.08. The minimum Gasteiger partial charge on any atom is -0.261 e. The van der Waals surface area contributed by atoms with Crippen LogP contribution < -0.4 is 0 Å². The van der Waals surface area contributed by atoms with Crippen LogP contribution in [0.3, 0.4) is 0 Å². The molecule has 0 N–H and O–H groups in total. The zero-order valence-corrected chi connectivity index (χ0v) is 6.88. The van der Waals surface area contributed by atoms with Crippen LogP contribution in [0.1, 0.15) is 24.6 Å². The second-order valence-corrected chi connectivity index (χ2v) is 2.49. The zero-order valence-electron chi connectivity index (χ0n) is 6.88.